The molecule has 112 valence electrons. The van der Waals surface area contributed by atoms with Gasteiger partial charge in [0.2, 0.25) is 5.13 Å². The van der Waals surface area contributed by atoms with E-state index in [9.17, 15) is 4.79 Å². The number of nitrogens with zero attached hydrogens (tertiary/aromatic N) is 2. The molecule has 0 aliphatic carbocycles. The first kappa shape index (κ1) is 16.5. The summed E-state index contributed by atoms with van der Waals surface area (Å²) in [5.41, 5.74) is 0.637. The molecule has 0 amide bonds. The van der Waals surface area contributed by atoms with Crippen LogP contribution in [0.4, 0.5) is 10.8 Å². The van der Waals surface area contributed by atoms with Gasteiger partial charge in [0.1, 0.15) is 5.78 Å². The third-order valence-electron chi connectivity index (χ3n) is 2.65. The molecule has 0 aliphatic rings. The molecule has 0 radical (unpaired) electrons. The molecular formula is C14H16BrN3OS2. The Hall–Kier alpha value is -0.920. The van der Waals surface area contributed by atoms with Crippen LogP contribution in [-0.4, -0.2) is 21.7 Å². The standard InChI is InChI=1S/C14H16BrN3OS2/c1-14(2,3)11(19)8-20-13-18-17-12(21-13)16-10-6-4-5-9(15)7-10/h4-7H,8H2,1-3H3,(H,16,17). The highest BCUT2D eigenvalue weighted by Gasteiger charge is 2.21. The van der Waals surface area contributed by atoms with Gasteiger partial charge in [-0.2, -0.15) is 0 Å². The van der Waals surface area contributed by atoms with E-state index in [2.05, 4.69) is 31.4 Å². The number of rotatable bonds is 5. The molecule has 4 nitrogen and oxygen atoms in total. The van der Waals surface area contributed by atoms with E-state index in [1.807, 2.05) is 45.0 Å². The first-order valence-corrected chi connectivity index (χ1v) is 8.96. The largest absolute Gasteiger partial charge is 0.330 e. The average molecular weight is 386 g/mol. The van der Waals surface area contributed by atoms with E-state index in [1.54, 1.807) is 0 Å². The lowest BCUT2D eigenvalue weighted by atomic mass is 9.92. The molecule has 0 fully saturated rings. The number of anilines is 2. The fourth-order valence-electron chi connectivity index (χ4n) is 1.35. The number of halogens is 1. The zero-order chi connectivity index (χ0) is 15.5. The van der Waals surface area contributed by atoms with Crippen molar-refractivity contribution in [2.75, 3.05) is 11.1 Å². The maximum absolute atomic E-state index is 11.9. The summed E-state index contributed by atoms with van der Waals surface area (Å²) in [6.45, 7) is 5.78. The van der Waals surface area contributed by atoms with Gasteiger partial charge in [0.15, 0.2) is 4.34 Å². The van der Waals surface area contributed by atoms with Crippen molar-refractivity contribution in [3.8, 4) is 0 Å². The summed E-state index contributed by atoms with van der Waals surface area (Å²) in [6, 6.07) is 7.84. The smallest absolute Gasteiger partial charge is 0.210 e. The molecule has 1 aromatic carbocycles. The second-order valence-corrected chi connectivity index (χ2v) is 8.59. The van der Waals surface area contributed by atoms with Gasteiger partial charge in [0, 0.05) is 15.6 Å². The van der Waals surface area contributed by atoms with Gasteiger partial charge in [-0.05, 0) is 18.2 Å². The summed E-state index contributed by atoms with van der Waals surface area (Å²) < 4.78 is 1.80. The monoisotopic (exact) mass is 385 g/mol. The van der Waals surface area contributed by atoms with Gasteiger partial charge in [-0.3, -0.25) is 4.79 Å². The molecule has 0 spiro atoms. The Balaban J connectivity index is 1.94. The third kappa shape index (κ3) is 5.09. The summed E-state index contributed by atoms with van der Waals surface area (Å²) in [7, 11) is 0. The van der Waals surface area contributed by atoms with Crippen LogP contribution >= 0.6 is 39.0 Å². The summed E-state index contributed by atoms with van der Waals surface area (Å²) >= 11 is 6.31. The van der Waals surface area contributed by atoms with E-state index in [1.165, 1.54) is 23.1 Å². The Labute approximate surface area is 140 Å². The summed E-state index contributed by atoms with van der Waals surface area (Å²) in [5.74, 6) is 0.638. The van der Waals surface area contributed by atoms with Gasteiger partial charge in [-0.15, -0.1) is 10.2 Å². The number of benzene rings is 1. The molecule has 1 N–H and O–H groups in total. The fourth-order valence-corrected chi connectivity index (χ4v) is 3.68. The number of thioether (sulfide) groups is 1. The molecule has 2 rings (SSSR count). The molecule has 7 heteroatoms. The van der Waals surface area contributed by atoms with E-state index < -0.39 is 0 Å². The number of carbonyl (C=O) groups excluding carboxylic acids is 1. The van der Waals surface area contributed by atoms with Crippen molar-refractivity contribution in [1.82, 2.24) is 10.2 Å². The molecule has 0 aliphatic heterocycles. The molecule has 2 aromatic rings. The molecule has 1 heterocycles. The lowest BCUT2D eigenvalue weighted by Crippen LogP contribution is -2.21. The quantitative estimate of drug-likeness (QED) is 0.752. The number of ketones is 1. The van der Waals surface area contributed by atoms with E-state index >= 15 is 0 Å². The molecular weight excluding hydrogens is 370 g/mol. The number of Topliss-reactive ketones (excluding diaryl/α,β-unsaturated/α-hetero) is 1. The molecule has 21 heavy (non-hydrogen) atoms. The SMILES string of the molecule is CC(C)(C)C(=O)CSc1nnc(Nc2cccc(Br)c2)s1. The van der Waals surface area contributed by atoms with Gasteiger partial charge in [-0.1, -0.05) is 65.9 Å². The zero-order valence-corrected chi connectivity index (χ0v) is 15.2. The lowest BCUT2D eigenvalue weighted by Gasteiger charge is -2.15. The van der Waals surface area contributed by atoms with Gasteiger partial charge >= 0.3 is 0 Å². The van der Waals surface area contributed by atoms with E-state index in [0.717, 1.165) is 19.6 Å². The third-order valence-corrected chi connectivity index (χ3v) is 5.11. The molecule has 0 saturated carbocycles. The van der Waals surface area contributed by atoms with Crippen molar-refractivity contribution in [2.45, 2.75) is 25.1 Å². The van der Waals surface area contributed by atoms with Crippen molar-refractivity contribution >= 4 is 55.6 Å². The summed E-state index contributed by atoms with van der Waals surface area (Å²) in [4.78, 5) is 11.9. The Kier molecular flexibility index (Phi) is 5.40. The highest BCUT2D eigenvalue weighted by atomic mass is 79.9. The van der Waals surface area contributed by atoms with Crippen molar-refractivity contribution in [3.63, 3.8) is 0 Å². The molecule has 0 bridgehead atoms. The van der Waals surface area contributed by atoms with Crippen LogP contribution in [0.5, 0.6) is 0 Å². The van der Waals surface area contributed by atoms with Crippen LogP contribution < -0.4 is 5.32 Å². The van der Waals surface area contributed by atoms with Gasteiger partial charge in [0.05, 0.1) is 5.75 Å². The lowest BCUT2D eigenvalue weighted by molar-refractivity contribution is -0.123. The van der Waals surface area contributed by atoms with Crippen LogP contribution in [0.25, 0.3) is 0 Å². The van der Waals surface area contributed by atoms with Gasteiger partial charge in [-0.25, -0.2) is 0 Å². The predicted molar refractivity (Wildman–Crippen MR) is 92.5 cm³/mol. The molecule has 1 aromatic heterocycles. The minimum Gasteiger partial charge on any atom is -0.330 e. The Bertz CT molecular complexity index is 637. The number of hydrogen-bond donors (Lipinski definition) is 1. The Morgan fingerprint density at radius 3 is 2.81 bits per heavy atom. The normalized spacial score (nSPS) is 11.4. The minimum absolute atomic E-state index is 0.212. The predicted octanol–water partition coefficient (Wildman–Crippen LogP) is 4.75. The second-order valence-electron chi connectivity index (χ2n) is 5.47. The van der Waals surface area contributed by atoms with Crippen LogP contribution in [-0.2, 0) is 4.79 Å². The topological polar surface area (TPSA) is 54.9 Å². The maximum Gasteiger partial charge on any atom is 0.210 e. The van der Waals surface area contributed by atoms with Crippen LogP contribution in [0.2, 0.25) is 0 Å². The summed E-state index contributed by atoms with van der Waals surface area (Å²) in [5, 5.41) is 12.1. The van der Waals surface area contributed by atoms with Crippen molar-refractivity contribution in [1.29, 1.82) is 0 Å². The first-order valence-electron chi connectivity index (χ1n) is 6.37. The van der Waals surface area contributed by atoms with Gasteiger partial charge in [0.25, 0.3) is 0 Å². The van der Waals surface area contributed by atoms with Crippen molar-refractivity contribution in [2.24, 2.45) is 5.41 Å². The van der Waals surface area contributed by atoms with E-state index in [0.29, 0.717) is 5.75 Å². The van der Waals surface area contributed by atoms with Crippen molar-refractivity contribution in [3.05, 3.63) is 28.7 Å². The van der Waals surface area contributed by atoms with Crippen molar-refractivity contribution < 1.29 is 4.79 Å². The van der Waals surface area contributed by atoms with Gasteiger partial charge < -0.3 is 5.32 Å². The molecule has 0 atom stereocenters. The summed E-state index contributed by atoms with van der Waals surface area (Å²) in [6.07, 6.45) is 0. The van der Waals surface area contributed by atoms with Crippen LogP contribution in [0.1, 0.15) is 20.8 Å². The van der Waals surface area contributed by atoms with Crippen LogP contribution in [0.15, 0.2) is 33.1 Å². The highest BCUT2D eigenvalue weighted by molar-refractivity contribution is 9.10. The zero-order valence-electron chi connectivity index (χ0n) is 12.0. The maximum atomic E-state index is 11.9. The number of hydrogen-bond acceptors (Lipinski definition) is 6. The van der Waals surface area contributed by atoms with Crippen LogP contribution in [0.3, 0.4) is 0 Å². The Morgan fingerprint density at radius 1 is 1.38 bits per heavy atom. The minimum atomic E-state index is -0.310. The highest BCUT2D eigenvalue weighted by Crippen LogP contribution is 2.29. The number of aromatic nitrogens is 2. The Morgan fingerprint density at radius 2 is 2.14 bits per heavy atom. The molecule has 0 saturated heterocycles. The van der Waals surface area contributed by atoms with E-state index in [4.69, 9.17) is 0 Å². The molecule has 0 unspecified atom stereocenters. The van der Waals surface area contributed by atoms with Crippen LogP contribution in [0, 0.1) is 5.41 Å². The fraction of sp³-hybridized carbons (Fsp3) is 0.357. The average Bonchev–Trinajstić information content (AvgIpc) is 2.82. The number of carbonyl (C=O) groups is 1. The second kappa shape index (κ2) is 6.89. The first-order chi connectivity index (χ1) is 9.84. The van der Waals surface area contributed by atoms with E-state index in [-0.39, 0.29) is 11.2 Å². The number of nitrogens with one attached hydrogen (secondary N) is 1.